The molecule has 60 valence electrons. The molecule has 1 heteroatoms. The molecule has 1 heterocycles. The van der Waals surface area contributed by atoms with Crippen molar-refractivity contribution >= 4 is 20.1 Å². The van der Waals surface area contributed by atoms with Gasteiger partial charge in [-0.15, -0.1) is 0 Å². The van der Waals surface area contributed by atoms with Gasteiger partial charge in [0.25, 0.3) is 0 Å². The minimum absolute atomic E-state index is 0.308. The van der Waals surface area contributed by atoms with Crippen molar-refractivity contribution in [1.29, 1.82) is 0 Å². The Kier molecular flexibility index (Phi) is 1.26. The Labute approximate surface area is 73.4 Å². The van der Waals surface area contributed by atoms with Crippen LogP contribution in [0.4, 0.5) is 0 Å². The van der Waals surface area contributed by atoms with Crippen molar-refractivity contribution in [3.8, 4) is 0 Å². The van der Waals surface area contributed by atoms with E-state index in [1.807, 2.05) is 0 Å². The summed E-state index contributed by atoms with van der Waals surface area (Å²) in [7, 11) is 0.308. The van der Waals surface area contributed by atoms with Gasteiger partial charge < -0.3 is 0 Å². The predicted molar refractivity (Wildman–Crippen MR) is 55.0 cm³/mol. The van der Waals surface area contributed by atoms with Gasteiger partial charge >= 0.3 is 0 Å². The number of benzene rings is 1. The molecule has 1 aliphatic heterocycles. The van der Waals surface area contributed by atoms with E-state index in [9.17, 15) is 0 Å². The number of rotatable bonds is 0. The molecule has 12 heavy (non-hydrogen) atoms. The lowest BCUT2D eigenvalue weighted by Gasteiger charge is -1.95. The van der Waals surface area contributed by atoms with E-state index in [0.29, 0.717) is 7.92 Å². The molecule has 0 saturated carbocycles. The maximum absolute atomic E-state index is 2.46. The molecule has 0 N–H and O–H groups in total. The summed E-state index contributed by atoms with van der Waals surface area (Å²) < 4.78 is 0. The topological polar surface area (TPSA) is 0 Å². The second-order valence-corrected chi connectivity index (χ2v) is 6.13. The summed E-state index contributed by atoms with van der Waals surface area (Å²) in [6, 6.07) is 8.71. The van der Waals surface area contributed by atoms with E-state index in [0.717, 1.165) is 11.3 Å². The molecular formula is C11H11P. The molecule has 2 aliphatic rings. The van der Waals surface area contributed by atoms with Crippen LogP contribution in [-0.2, 0) is 0 Å². The van der Waals surface area contributed by atoms with Crippen LogP contribution in [0, 0.1) is 0 Å². The van der Waals surface area contributed by atoms with Crippen LogP contribution < -0.4 is 10.4 Å². The van der Waals surface area contributed by atoms with Crippen molar-refractivity contribution in [2.24, 2.45) is 0 Å². The summed E-state index contributed by atoms with van der Waals surface area (Å²) >= 11 is 0. The monoisotopic (exact) mass is 174 g/mol. The molecule has 0 amide bonds. The fourth-order valence-electron chi connectivity index (χ4n) is 2.00. The molecule has 0 bridgehead atoms. The van der Waals surface area contributed by atoms with E-state index in [1.54, 1.807) is 0 Å². The van der Waals surface area contributed by atoms with Gasteiger partial charge in [-0.1, -0.05) is 44.3 Å². The average Bonchev–Trinajstić information content (AvgIpc) is 2.74. The quantitative estimate of drug-likeness (QED) is 0.517. The van der Waals surface area contributed by atoms with Gasteiger partial charge in [-0.25, -0.2) is 0 Å². The highest BCUT2D eigenvalue weighted by Crippen LogP contribution is 2.65. The van der Waals surface area contributed by atoms with Crippen LogP contribution in [0.2, 0.25) is 0 Å². The fourth-order valence-corrected chi connectivity index (χ4v) is 4.14. The lowest BCUT2D eigenvalue weighted by molar-refractivity contribution is 1.28. The smallest absolute Gasteiger partial charge is 0.00855 e. The van der Waals surface area contributed by atoms with E-state index in [2.05, 4.69) is 43.1 Å². The van der Waals surface area contributed by atoms with E-state index in [-0.39, 0.29) is 0 Å². The third kappa shape index (κ3) is 0.820. The zero-order valence-corrected chi connectivity index (χ0v) is 7.96. The standard InChI is InChI=1S/C11H11P/c1-12-10-6-8-4-2-3-5-9(8)7-11(10)12/h2-7,10-11H,1H3. The summed E-state index contributed by atoms with van der Waals surface area (Å²) in [6.07, 6.45) is 4.93. The molecule has 1 fully saturated rings. The van der Waals surface area contributed by atoms with E-state index < -0.39 is 0 Å². The third-order valence-electron chi connectivity index (χ3n) is 2.90. The highest BCUT2D eigenvalue weighted by Gasteiger charge is 2.43. The molecule has 0 spiro atoms. The van der Waals surface area contributed by atoms with E-state index in [4.69, 9.17) is 0 Å². The van der Waals surface area contributed by atoms with E-state index >= 15 is 0 Å². The molecule has 1 aromatic rings. The average molecular weight is 174 g/mol. The molecule has 0 aromatic heterocycles. The Hall–Kier alpha value is -0.610. The van der Waals surface area contributed by atoms with Gasteiger partial charge in [-0.3, -0.25) is 0 Å². The molecule has 1 aliphatic carbocycles. The van der Waals surface area contributed by atoms with Gasteiger partial charge in [0.2, 0.25) is 0 Å². The molecule has 2 atom stereocenters. The number of fused-ring (bicyclic) bond motifs is 2. The van der Waals surface area contributed by atoms with Crippen LogP contribution in [0.25, 0.3) is 12.2 Å². The van der Waals surface area contributed by atoms with Crippen LogP contribution in [0.3, 0.4) is 0 Å². The van der Waals surface area contributed by atoms with Crippen molar-refractivity contribution in [1.82, 2.24) is 0 Å². The van der Waals surface area contributed by atoms with Gasteiger partial charge in [-0.05, 0) is 17.1 Å². The van der Waals surface area contributed by atoms with Crippen molar-refractivity contribution in [2.45, 2.75) is 11.3 Å². The normalized spacial score (nSPS) is 35.6. The van der Waals surface area contributed by atoms with Gasteiger partial charge in [0, 0.05) is 11.3 Å². The molecule has 3 rings (SSSR count). The van der Waals surface area contributed by atoms with Crippen molar-refractivity contribution in [3.05, 3.63) is 34.7 Å². The maximum Gasteiger partial charge on any atom is 0.00855 e. The second kappa shape index (κ2) is 2.20. The van der Waals surface area contributed by atoms with Gasteiger partial charge in [0.1, 0.15) is 0 Å². The van der Waals surface area contributed by atoms with Crippen molar-refractivity contribution in [2.75, 3.05) is 6.66 Å². The molecule has 0 radical (unpaired) electrons. The van der Waals surface area contributed by atoms with Crippen LogP contribution >= 0.6 is 7.92 Å². The Morgan fingerprint density at radius 1 is 1.00 bits per heavy atom. The number of hydrogen-bond donors (Lipinski definition) is 0. The first-order chi connectivity index (χ1) is 5.86. The van der Waals surface area contributed by atoms with E-state index in [1.165, 1.54) is 10.4 Å². The minimum atomic E-state index is 0.308. The first kappa shape index (κ1) is 6.86. The van der Waals surface area contributed by atoms with Crippen LogP contribution in [0.5, 0.6) is 0 Å². The Bertz CT molecular complexity index is 392. The zero-order valence-electron chi connectivity index (χ0n) is 7.07. The Morgan fingerprint density at radius 3 is 2.00 bits per heavy atom. The predicted octanol–water partition coefficient (Wildman–Crippen LogP) is 1.12. The lowest BCUT2D eigenvalue weighted by Crippen LogP contribution is -2.27. The molecular weight excluding hydrogens is 163 g/mol. The van der Waals surface area contributed by atoms with Gasteiger partial charge in [-0.2, -0.15) is 0 Å². The first-order valence-corrected chi connectivity index (χ1v) is 6.30. The van der Waals surface area contributed by atoms with Crippen molar-refractivity contribution < 1.29 is 0 Å². The van der Waals surface area contributed by atoms with Crippen molar-refractivity contribution in [3.63, 3.8) is 0 Å². The minimum Gasteiger partial charge on any atom is -0.0938 e. The summed E-state index contributed by atoms with van der Waals surface area (Å²) in [5.41, 5.74) is 1.82. The Balaban J connectivity index is 2.31. The Morgan fingerprint density at radius 2 is 1.50 bits per heavy atom. The largest absolute Gasteiger partial charge is 0.0938 e. The molecule has 2 unspecified atom stereocenters. The number of hydrogen-bond acceptors (Lipinski definition) is 0. The molecule has 1 saturated heterocycles. The second-order valence-electron chi connectivity index (χ2n) is 3.61. The van der Waals surface area contributed by atoms with Crippen LogP contribution in [0.15, 0.2) is 24.3 Å². The molecule has 0 nitrogen and oxygen atoms in total. The molecule has 1 aromatic carbocycles. The first-order valence-electron chi connectivity index (χ1n) is 4.37. The SMILES string of the molecule is CP1C2C=c3ccccc3=CC21. The zero-order chi connectivity index (χ0) is 8.13. The van der Waals surface area contributed by atoms with Gasteiger partial charge in [0.05, 0.1) is 0 Å². The van der Waals surface area contributed by atoms with Crippen LogP contribution in [0.1, 0.15) is 0 Å². The maximum atomic E-state index is 2.46. The lowest BCUT2D eigenvalue weighted by atomic mass is 10.1. The summed E-state index contributed by atoms with van der Waals surface area (Å²) in [6.45, 7) is 2.41. The highest BCUT2D eigenvalue weighted by atomic mass is 31.1. The summed E-state index contributed by atoms with van der Waals surface area (Å²) in [5, 5.41) is 2.90. The summed E-state index contributed by atoms with van der Waals surface area (Å²) in [4.78, 5) is 0. The third-order valence-corrected chi connectivity index (χ3v) is 5.37. The summed E-state index contributed by atoms with van der Waals surface area (Å²) in [5.74, 6) is 0. The highest BCUT2D eigenvalue weighted by molar-refractivity contribution is 7.67. The van der Waals surface area contributed by atoms with Gasteiger partial charge in [0.15, 0.2) is 0 Å². The fraction of sp³-hybridized carbons (Fsp3) is 0.273. The van der Waals surface area contributed by atoms with Crippen LogP contribution in [-0.4, -0.2) is 18.0 Å².